The van der Waals surface area contributed by atoms with E-state index in [2.05, 4.69) is 30.3 Å². The molecule has 2 saturated carbocycles. The lowest BCUT2D eigenvalue weighted by atomic mass is 9.55. The number of hydrogen-bond donors (Lipinski definition) is 1. The fourth-order valence-corrected chi connectivity index (χ4v) is 5.79. The molecular formula is C25H30O2. The molecular weight excluding hydrogens is 332 g/mol. The molecule has 2 aromatic carbocycles. The van der Waals surface area contributed by atoms with Crippen molar-refractivity contribution in [2.24, 2.45) is 17.3 Å². The summed E-state index contributed by atoms with van der Waals surface area (Å²) in [7, 11) is 0. The lowest BCUT2D eigenvalue weighted by Crippen LogP contribution is -2.43. The fourth-order valence-electron chi connectivity index (χ4n) is 5.79. The second kappa shape index (κ2) is 6.67. The Balaban J connectivity index is 1.37. The van der Waals surface area contributed by atoms with E-state index in [1.807, 2.05) is 25.1 Å². The summed E-state index contributed by atoms with van der Waals surface area (Å²) in [5.41, 5.74) is 3.18. The van der Waals surface area contributed by atoms with Crippen LogP contribution in [-0.4, -0.2) is 11.2 Å². The van der Waals surface area contributed by atoms with Gasteiger partial charge in [0.05, 0.1) is 7.45 Å². The van der Waals surface area contributed by atoms with Gasteiger partial charge >= 0.3 is 0 Å². The Bertz CT molecular complexity index is 943. The van der Waals surface area contributed by atoms with Gasteiger partial charge in [-0.25, -0.2) is 0 Å². The van der Waals surface area contributed by atoms with Crippen molar-refractivity contribution in [2.75, 3.05) is 0 Å². The summed E-state index contributed by atoms with van der Waals surface area (Å²) in [4.78, 5) is 0. The number of benzene rings is 2. The van der Waals surface area contributed by atoms with Crippen molar-refractivity contribution >= 4 is 0 Å². The van der Waals surface area contributed by atoms with Crippen molar-refractivity contribution in [3.05, 3.63) is 65.2 Å². The summed E-state index contributed by atoms with van der Waals surface area (Å²) in [6.07, 6.45) is -0.0203. The molecule has 2 aromatic rings. The Hall–Kier alpha value is -1.80. The Labute approximate surface area is 166 Å². The number of rotatable bonds is 3. The van der Waals surface area contributed by atoms with E-state index in [-0.39, 0.29) is 12.3 Å². The van der Waals surface area contributed by atoms with Crippen LogP contribution < -0.4 is 4.74 Å². The van der Waals surface area contributed by atoms with Crippen LogP contribution in [0.15, 0.2) is 48.5 Å². The molecule has 2 fully saturated rings. The van der Waals surface area contributed by atoms with E-state index in [9.17, 15) is 5.11 Å². The highest BCUT2D eigenvalue weighted by atomic mass is 16.5. The number of aliphatic hydroxyl groups is 1. The maximum Gasteiger partial charge on any atom is 0.120 e. The molecule has 5 atom stereocenters. The molecule has 27 heavy (non-hydrogen) atoms. The van der Waals surface area contributed by atoms with Crippen LogP contribution in [0.3, 0.4) is 0 Å². The number of hydrogen-bond acceptors (Lipinski definition) is 2. The molecule has 0 spiro atoms. The average molecular weight is 366 g/mol. The standard InChI is InChI=1S/C25H30O2/c1-25-14-13-21-20-10-8-19(27-16-17-5-3-2-4-6-17)15-18(20)7-9-22(21)23(25)11-12-24(25)26/h2-6,8,10,15,21-24,26H,7,9,11-14,16H2,1H3/t21-,22-,23+,24-,25+/m1/s1/i12D2,24D. The normalized spacial score (nSPS) is 40.7. The summed E-state index contributed by atoms with van der Waals surface area (Å²) < 4.78 is 31.1. The van der Waals surface area contributed by atoms with E-state index in [0.29, 0.717) is 24.9 Å². The molecule has 0 radical (unpaired) electrons. The van der Waals surface area contributed by atoms with Crippen molar-refractivity contribution < 1.29 is 14.0 Å². The minimum absolute atomic E-state index is 0.0518. The second-order valence-corrected chi connectivity index (χ2v) is 8.74. The molecule has 0 saturated heterocycles. The predicted molar refractivity (Wildman–Crippen MR) is 108 cm³/mol. The average Bonchev–Trinajstić information content (AvgIpc) is 2.88. The van der Waals surface area contributed by atoms with Crippen LogP contribution in [0.1, 0.15) is 65.7 Å². The molecule has 0 aromatic heterocycles. The van der Waals surface area contributed by atoms with Crippen molar-refractivity contribution in [1.29, 1.82) is 0 Å². The molecule has 0 unspecified atom stereocenters. The summed E-state index contributed by atoms with van der Waals surface area (Å²) in [5, 5.41) is 10.8. The van der Waals surface area contributed by atoms with Gasteiger partial charge < -0.3 is 9.84 Å². The molecule has 0 bridgehead atoms. The zero-order chi connectivity index (χ0) is 21.1. The van der Waals surface area contributed by atoms with Crippen LogP contribution in [-0.2, 0) is 13.0 Å². The quantitative estimate of drug-likeness (QED) is 0.780. The molecule has 5 rings (SSSR count). The second-order valence-electron chi connectivity index (χ2n) is 8.74. The molecule has 0 aliphatic heterocycles. The number of fused-ring (bicyclic) bond motifs is 5. The van der Waals surface area contributed by atoms with Crippen molar-refractivity contribution in [2.45, 2.75) is 64.0 Å². The lowest BCUT2D eigenvalue weighted by Gasteiger charge is -2.50. The van der Waals surface area contributed by atoms with Gasteiger partial charge in [0.25, 0.3) is 0 Å². The zero-order valence-electron chi connectivity index (χ0n) is 18.9. The van der Waals surface area contributed by atoms with E-state index in [1.165, 1.54) is 11.1 Å². The van der Waals surface area contributed by atoms with Gasteiger partial charge in [-0.05, 0) is 90.5 Å². The maximum absolute atomic E-state index is 10.8. The van der Waals surface area contributed by atoms with Gasteiger partial charge in [0.15, 0.2) is 0 Å². The van der Waals surface area contributed by atoms with Crippen molar-refractivity contribution in [3.63, 3.8) is 0 Å². The van der Waals surface area contributed by atoms with E-state index >= 15 is 0 Å². The largest absolute Gasteiger partial charge is 0.489 e. The number of ether oxygens (including phenoxy) is 1. The van der Waals surface area contributed by atoms with Crippen molar-refractivity contribution in [1.82, 2.24) is 0 Å². The predicted octanol–water partition coefficient (Wildman–Crippen LogP) is 5.48. The number of aryl methyl sites for hydroxylation is 1. The Morgan fingerprint density at radius 1 is 1.19 bits per heavy atom. The minimum atomic E-state index is -2.01. The van der Waals surface area contributed by atoms with Crippen LogP contribution in [0.25, 0.3) is 0 Å². The van der Waals surface area contributed by atoms with Gasteiger partial charge in [-0.3, -0.25) is 0 Å². The smallest absolute Gasteiger partial charge is 0.120 e. The Morgan fingerprint density at radius 3 is 2.89 bits per heavy atom. The summed E-state index contributed by atoms with van der Waals surface area (Å²) in [6.45, 7) is 2.50. The van der Waals surface area contributed by atoms with Crippen LogP contribution >= 0.6 is 0 Å². The topological polar surface area (TPSA) is 29.5 Å². The monoisotopic (exact) mass is 365 g/mol. The van der Waals surface area contributed by atoms with Gasteiger partial charge in [-0.15, -0.1) is 0 Å². The molecule has 2 heteroatoms. The van der Waals surface area contributed by atoms with E-state index < -0.39 is 17.9 Å². The third kappa shape index (κ3) is 2.89. The van der Waals surface area contributed by atoms with Gasteiger partial charge in [-0.1, -0.05) is 43.3 Å². The first-order valence-electron chi connectivity index (χ1n) is 11.7. The van der Waals surface area contributed by atoms with Gasteiger partial charge in [0.1, 0.15) is 12.4 Å². The Kier molecular flexibility index (Phi) is 3.51. The molecule has 3 aliphatic rings. The highest BCUT2D eigenvalue weighted by Gasteiger charge is 2.54. The fraction of sp³-hybridized carbons (Fsp3) is 0.520. The van der Waals surface area contributed by atoms with E-state index in [1.54, 1.807) is 0 Å². The van der Waals surface area contributed by atoms with Gasteiger partial charge in [0, 0.05) is 2.74 Å². The molecule has 0 heterocycles. The summed E-state index contributed by atoms with van der Waals surface area (Å²) in [5.74, 6) is 1.67. The van der Waals surface area contributed by atoms with Crippen LogP contribution in [0.4, 0.5) is 0 Å². The first kappa shape index (κ1) is 14.2. The highest BCUT2D eigenvalue weighted by Crippen LogP contribution is 2.60. The van der Waals surface area contributed by atoms with Crippen LogP contribution in [0.2, 0.25) is 0 Å². The highest BCUT2D eigenvalue weighted by molar-refractivity contribution is 5.41. The van der Waals surface area contributed by atoms with Gasteiger partial charge in [0.2, 0.25) is 0 Å². The third-order valence-electron chi connectivity index (χ3n) is 7.37. The van der Waals surface area contributed by atoms with E-state index in [0.717, 1.165) is 30.6 Å². The molecule has 3 aliphatic carbocycles. The van der Waals surface area contributed by atoms with Gasteiger partial charge in [-0.2, -0.15) is 0 Å². The molecule has 1 N–H and O–H groups in total. The minimum Gasteiger partial charge on any atom is -0.489 e. The molecule has 2 nitrogen and oxygen atoms in total. The first-order chi connectivity index (χ1) is 14.2. The van der Waals surface area contributed by atoms with E-state index in [4.69, 9.17) is 8.85 Å². The SMILES string of the molecule is [2H]C1([2H])C[C@H]2[C@@H]3CCc4cc(OCc5ccccc5)ccc4[C@H]3CC[C@]2(C)[C@]1([2H])O. The lowest BCUT2D eigenvalue weighted by molar-refractivity contribution is -0.0226. The third-order valence-corrected chi connectivity index (χ3v) is 7.37. The Morgan fingerprint density at radius 2 is 2.04 bits per heavy atom. The molecule has 0 amide bonds. The van der Waals surface area contributed by atoms with Crippen LogP contribution in [0.5, 0.6) is 5.75 Å². The first-order valence-corrected chi connectivity index (χ1v) is 10.2. The van der Waals surface area contributed by atoms with Crippen LogP contribution in [0, 0.1) is 17.3 Å². The maximum atomic E-state index is 10.8. The van der Waals surface area contributed by atoms with Crippen molar-refractivity contribution in [3.8, 4) is 5.75 Å². The summed E-state index contributed by atoms with van der Waals surface area (Å²) in [6, 6.07) is 16.6. The summed E-state index contributed by atoms with van der Waals surface area (Å²) >= 11 is 0. The molecule has 142 valence electrons. The zero-order valence-corrected chi connectivity index (χ0v) is 15.9.